The summed E-state index contributed by atoms with van der Waals surface area (Å²) in [6.45, 7) is 3.61. The van der Waals surface area contributed by atoms with Gasteiger partial charge >= 0.3 is 0 Å². The van der Waals surface area contributed by atoms with Gasteiger partial charge in [0.25, 0.3) is 5.91 Å². The first-order valence-corrected chi connectivity index (χ1v) is 8.57. The molecule has 0 saturated carbocycles. The van der Waals surface area contributed by atoms with Gasteiger partial charge in [-0.15, -0.1) is 0 Å². The molecule has 138 valence electrons. The fraction of sp³-hybridized carbons (Fsp3) is 0.278. The Morgan fingerprint density at radius 2 is 2.00 bits per heavy atom. The number of ether oxygens (including phenoxy) is 1. The Bertz CT molecular complexity index is 1010. The second kappa shape index (κ2) is 7.12. The Morgan fingerprint density at radius 1 is 1.19 bits per heavy atom. The molecule has 2 amide bonds. The molecule has 0 unspecified atom stereocenters. The number of hydrogen-bond donors (Lipinski definition) is 1. The van der Waals surface area contributed by atoms with Crippen molar-refractivity contribution in [3.8, 4) is 5.82 Å². The van der Waals surface area contributed by atoms with E-state index < -0.39 is 0 Å². The molecule has 1 N–H and O–H groups in total. The van der Waals surface area contributed by atoms with Gasteiger partial charge in [-0.1, -0.05) is 6.07 Å². The summed E-state index contributed by atoms with van der Waals surface area (Å²) in [5.74, 6) is 0.614. The van der Waals surface area contributed by atoms with E-state index in [1.165, 1.54) is 6.92 Å². The van der Waals surface area contributed by atoms with Crippen LogP contribution >= 0.6 is 0 Å². The van der Waals surface area contributed by atoms with Gasteiger partial charge in [0.15, 0.2) is 5.82 Å². The molecular weight excluding hydrogens is 348 g/mol. The number of carbonyl (C=O) groups excluding carboxylic acids is 2. The Labute approximate surface area is 155 Å². The first-order chi connectivity index (χ1) is 13.1. The number of morpholine rings is 1. The lowest BCUT2D eigenvalue weighted by molar-refractivity contribution is -0.114. The van der Waals surface area contributed by atoms with E-state index in [-0.39, 0.29) is 11.8 Å². The Hall–Kier alpha value is -3.33. The first-order valence-electron chi connectivity index (χ1n) is 8.57. The molecule has 1 aliphatic heterocycles. The van der Waals surface area contributed by atoms with Crippen LogP contribution in [0.2, 0.25) is 0 Å². The predicted molar refractivity (Wildman–Crippen MR) is 97.7 cm³/mol. The highest BCUT2D eigenvalue weighted by molar-refractivity contribution is 5.93. The second-order valence-electron chi connectivity index (χ2n) is 6.15. The zero-order chi connectivity index (χ0) is 18.8. The summed E-state index contributed by atoms with van der Waals surface area (Å²) in [4.78, 5) is 34.4. The fourth-order valence-corrected chi connectivity index (χ4v) is 2.94. The monoisotopic (exact) mass is 366 g/mol. The Balaban J connectivity index is 1.69. The maximum atomic E-state index is 12.7. The standard InChI is InChI=1S/C18H18N6O3/c1-12(25)21-16-9-15-13(10-19-16)11-20-24(15)17-4-2-3-14(22-17)18(26)23-5-7-27-8-6-23/h2-4,9-11H,5-8H2,1H3,(H,19,21,25). The summed E-state index contributed by atoms with van der Waals surface area (Å²) in [6.07, 6.45) is 3.30. The number of pyridine rings is 2. The van der Waals surface area contributed by atoms with Crippen molar-refractivity contribution < 1.29 is 14.3 Å². The Kier molecular flexibility index (Phi) is 4.51. The molecule has 0 radical (unpaired) electrons. The molecule has 0 aliphatic carbocycles. The van der Waals surface area contributed by atoms with Gasteiger partial charge in [-0.05, 0) is 12.1 Å². The molecule has 1 saturated heterocycles. The van der Waals surface area contributed by atoms with E-state index in [0.717, 1.165) is 10.9 Å². The number of aromatic nitrogens is 4. The van der Waals surface area contributed by atoms with Gasteiger partial charge in [-0.3, -0.25) is 9.59 Å². The van der Waals surface area contributed by atoms with Gasteiger partial charge in [0.2, 0.25) is 5.91 Å². The lowest BCUT2D eigenvalue weighted by Gasteiger charge is -2.26. The number of hydrogen-bond acceptors (Lipinski definition) is 6. The van der Waals surface area contributed by atoms with Crippen LogP contribution in [0.15, 0.2) is 36.7 Å². The number of amides is 2. The molecule has 4 heterocycles. The number of nitrogens with one attached hydrogen (secondary N) is 1. The van der Waals surface area contributed by atoms with Crippen LogP contribution in [0.1, 0.15) is 17.4 Å². The molecule has 9 nitrogen and oxygen atoms in total. The van der Waals surface area contributed by atoms with Crippen molar-refractivity contribution in [2.45, 2.75) is 6.92 Å². The van der Waals surface area contributed by atoms with E-state index in [4.69, 9.17) is 4.74 Å². The van der Waals surface area contributed by atoms with Gasteiger partial charge in [0.05, 0.1) is 24.9 Å². The number of carbonyl (C=O) groups is 2. The normalized spacial score (nSPS) is 14.3. The van der Waals surface area contributed by atoms with Crippen molar-refractivity contribution in [3.05, 3.63) is 42.4 Å². The van der Waals surface area contributed by atoms with Crippen molar-refractivity contribution in [3.63, 3.8) is 0 Å². The van der Waals surface area contributed by atoms with Crippen LogP contribution in [-0.4, -0.2) is 62.8 Å². The molecule has 3 aromatic rings. The SMILES string of the molecule is CC(=O)Nc1cc2c(cn1)cnn2-c1cccc(C(=O)N2CCOCC2)n1. The summed E-state index contributed by atoms with van der Waals surface area (Å²) in [5.41, 5.74) is 1.09. The van der Waals surface area contributed by atoms with Crippen molar-refractivity contribution in [2.75, 3.05) is 31.6 Å². The van der Waals surface area contributed by atoms with E-state index in [0.29, 0.717) is 43.6 Å². The fourth-order valence-electron chi connectivity index (χ4n) is 2.94. The molecule has 27 heavy (non-hydrogen) atoms. The van der Waals surface area contributed by atoms with Gasteiger partial charge in [0.1, 0.15) is 11.5 Å². The topological polar surface area (TPSA) is 102 Å². The first kappa shape index (κ1) is 17.1. The molecule has 0 spiro atoms. The molecule has 3 aromatic heterocycles. The summed E-state index contributed by atoms with van der Waals surface area (Å²) in [5, 5.41) is 7.81. The van der Waals surface area contributed by atoms with Crippen molar-refractivity contribution >= 4 is 28.5 Å². The summed E-state index contributed by atoms with van der Waals surface area (Å²) in [7, 11) is 0. The van der Waals surface area contributed by atoms with E-state index in [9.17, 15) is 9.59 Å². The summed E-state index contributed by atoms with van der Waals surface area (Å²) in [6, 6.07) is 6.97. The number of fused-ring (bicyclic) bond motifs is 1. The maximum absolute atomic E-state index is 12.7. The van der Waals surface area contributed by atoms with E-state index >= 15 is 0 Å². The molecule has 0 aromatic carbocycles. The number of nitrogens with zero attached hydrogens (tertiary/aromatic N) is 5. The third-order valence-corrected chi connectivity index (χ3v) is 4.23. The molecule has 4 rings (SSSR count). The number of anilines is 1. The van der Waals surface area contributed by atoms with E-state index in [2.05, 4.69) is 20.4 Å². The van der Waals surface area contributed by atoms with Crippen LogP contribution in [0.4, 0.5) is 5.82 Å². The highest BCUT2D eigenvalue weighted by Crippen LogP contribution is 2.20. The lowest BCUT2D eigenvalue weighted by atomic mass is 10.3. The molecule has 0 atom stereocenters. The summed E-state index contributed by atoms with van der Waals surface area (Å²) < 4.78 is 6.91. The quantitative estimate of drug-likeness (QED) is 0.748. The minimum atomic E-state index is -0.204. The van der Waals surface area contributed by atoms with Crippen LogP contribution in [0, 0.1) is 0 Å². The van der Waals surface area contributed by atoms with Crippen molar-refractivity contribution in [1.82, 2.24) is 24.6 Å². The van der Waals surface area contributed by atoms with Gasteiger partial charge in [-0.2, -0.15) is 5.10 Å². The average Bonchev–Trinajstić information content (AvgIpc) is 3.11. The minimum absolute atomic E-state index is 0.128. The van der Waals surface area contributed by atoms with Crippen molar-refractivity contribution in [1.29, 1.82) is 0 Å². The predicted octanol–water partition coefficient (Wildman–Crippen LogP) is 1.25. The van der Waals surface area contributed by atoms with Crippen LogP contribution in [0.3, 0.4) is 0 Å². The minimum Gasteiger partial charge on any atom is -0.378 e. The third-order valence-electron chi connectivity index (χ3n) is 4.23. The van der Waals surface area contributed by atoms with E-state index in [1.54, 1.807) is 46.2 Å². The van der Waals surface area contributed by atoms with Crippen LogP contribution < -0.4 is 5.32 Å². The van der Waals surface area contributed by atoms with E-state index in [1.807, 2.05) is 0 Å². The molecular formula is C18H18N6O3. The van der Waals surface area contributed by atoms with Gasteiger partial charge < -0.3 is 15.0 Å². The molecule has 0 bridgehead atoms. The van der Waals surface area contributed by atoms with Gasteiger partial charge in [-0.25, -0.2) is 14.6 Å². The lowest BCUT2D eigenvalue weighted by Crippen LogP contribution is -2.41. The zero-order valence-electron chi connectivity index (χ0n) is 14.8. The van der Waals surface area contributed by atoms with Crippen LogP contribution in [0.25, 0.3) is 16.7 Å². The maximum Gasteiger partial charge on any atom is 0.272 e. The molecule has 1 aliphatic rings. The number of rotatable bonds is 3. The van der Waals surface area contributed by atoms with Crippen LogP contribution in [-0.2, 0) is 9.53 Å². The Morgan fingerprint density at radius 3 is 2.78 bits per heavy atom. The highest BCUT2D eigenvalue weighted by Gasteiger charge is 2.20. The summed E-state index contributed by atoms with van der Waals surface area (Å²) >= 11 is 0. The van der Waals surface area contributed by atoms with Crippen LogP contribution in [0.5, 0.6) is 0 Å². The van der Waals surface area contributed by atoms with Gasteiger partial charge in [0, 0.05) is 37.7 Å². The molecule has 9 heteroatoms. The molecule has 1 fully saturated rings. The smallest absolute Gasteiger partial charge is 0.272 e. The highest BCUT2D eigenvalue weighted by atomic mass is 16.5. The second-order valence-corrected chi connectivity index (χ2v) is 6.15. The van der Waals surface area contributed by atoms with Crippen molar-refractivity contribution in [2.24, 2.45) is 0 Å². The largest absolute Gasteiger partial charge is 0.378 e. The zero-order valence-corrected chi connectivity index (χ0v) is 14.8. The third kappa shape index (κ3) is 3.49. The average molecular weight is 366 g/mol.